The van der Waals surface area contributed by atoms with Crippen LogP contribution in [-0.4, -0.2) is 22.6 Å². The van der Waals surface area contributed by atoms with Crippen molar-refractivity contribution in [1.29, 1.82) is 0 Å². The molecule has 0 bridgehead atoms. The summed E-state index contributed by atoms with van der Waals surface area (Å²) in [5, 5.41) is 10.3. The van der Waals surface area contributed by atoms with E-state index in [1.807, 2.05) is 13.8 Å². The monoisotopic (exact) mass is 339 g/mol. The Balaban J connectivity index is 2.22. The topological polar surface area (TPSA) is 72.5 Å². The lowest BCUT2D eigenvalue weighted by Crippen LogP contribution is -2.51. The fraction of sp³-hybridized carbons (Fsp3) is 0.533. The molecule has 0 radical (unpaired) electrons. The van der Waals surface area contributed by atoms with Gasteiger partial charge in [-0.3, -0.25) is 4.79 Å². The van der Waals surface area contributed by atoms with Gasteiger partial charge < -0.3 is 15.6 Å². The highest BCUT2D eigenvalue weighted by Crippen LogP contribution is 2.46. The number of Topliss-reactive ketones (excluding diaryl/α,β-unsaturated/α-hetero) is 1. The van der Waals surface area contributed by atoms with E-state index in [1.54, 1.807) is 6.07 Å². The van der Waals surface area contributed by atoms with E-state index in [0.29, 0.717) is 23.3 Å². The van der Waals surface area contributed by atoms with Gasteiger partial charge >= 0.3 is 0 Å². The number of rotatable bonds is 0. The first-order valence-electron chi connectivity index (χ1n) is 6.84. The number of aliphatic hydroxyl groups excluding tert-OH is 1. The van der Waals surface area contributed by atoms with Gasteiger partial charge in [0.15, 0.2) is 5.78 Å². The molecule has 2 atom stereocenters. The summed E-state index contributed by atoms with van der Waals surface area (Å²) in [6.45, 7) is 3.63. The fourth-order valence-electron chi connectivity index (χ4n) is 3.02. The average Bonchev–Trinajstić information content (AvgIpc) is 2.39. The van der Waals surface area contributed by atoms with Gasteiger partial charge in [-0.25, -0.2) is 0 Å². The first kappa shape index (κ1) is 14.0. The number of hydrogen-bond acceptors (Lipinski definition) is 4. The largest absolute Gasteiger partial charge is 0.484 e. The zero-order valence-electron chi connectivity index (χ0n) is 11.6. The van der Waals surface area contributed by atoms with Crippen molar-refractivity contribution in [3.05, 3.63) is 27.2 Å². The second-order valence-electron chi connectivity index (χ2n) is 6.09. The van der Waals surface area contributed by atoms with Crippen LogP contribution in [0, 0.1) is 0 Å². The van der Waals surface area contributed by atoms with E-state index in [-0.39, 0.29) is 5.78 Å². The number of ether oxygens (including phenoxy) is 1. The molecule has 0 saturated carbocycles. The predicted octanol–water partition coefficient (Wildman–Crippen LogP) is 2.50. The SMILES string of the molecule is CC1(C)Oc2c(cc3c(c2Br)CCCC3=O)[C@H](N)[C@H]1O. The normalized spacial score (nSPS) is 27.6. The Hall–Kier alpha value is -0.910. The summed E-state index contributed by atoms with van der Waals surface area (Å²) >= 11 is 3.56. The van der Waals surface area contributed by atoms with Gasteiger partial charge in [0.05, 0.1) is 10.5 Å². The quantitative estimate of drug-likeness (QED) is 0.761. The average molecular weight is 340 g/mol. The van der Waals surface area contributed by atoms with E-state index >= 15 is 0 Å². The molecule has 1 aliphatic heterocycles. The molecule has 20 heavy (non-hydrogen) atoms. The summed E-state index contributed by atoms with van der Waals surface area (Å²) in [6.07, 6.45) is 1.49. The van der Waals surface area contributed by atoms with E-state index in [4.69, 9.17) is 10.5 Å². The van der Waals surface area contributed by atoms with Crippen molar-refractivity contribution in [2.75, 3.05) is 0 Å². The molecule has 1 aliphatic carbocycles. The van der Waals surface area contributed by atoms with E-state index in [1.165, 1.54) is 0 Å². The molecule has 5 heteroatoms. The van der Waals surface area contributed by atoms with Crippen molar-refractivity contribution in [2.24, 2.45) is 5.73 Å². The molecule has 3 N–H and O–H groups in total. The number of aliphatic hydroxyl groups is 1. The van der Waals surface area contributed by atoms with E-state index in [9.17, 15) is 9.90 Å². The van der Waals surface area contributed by atoms with Gasteiger partial charge in [-0.05, 0) is 54.2 Å². The van der Waals surface area contributed by atoms with Gasteiger partial charge in [-0.1, -0.05) is 0 Å². The maximum Gasteiger partial charge on any atom is 0.163 e. The van der Waals surface area contributed by atoms with Gasteiger partial charge in [0.25, 0.3) is 0 Å². The molecule has 3 rings (SSSR count). The molecule has 0 fully saturated rings. The summed E-state index contributed by atoms with van der Waals surface area (Å²) in [6, 6.07) is 1.25. The highest BCUT2D eigenvalue weighted by molar-refractivity contribution is 9.10. The van der Waals surface area contributed by atoms with Crippen molar-refractivity contribution >= 4 is 21.7 Å². The van der Waals surface area contributed by atoms with Gasteiger partial charge in [-0.2, -0.15) is 0 Å². The van der Waals surface area contributed by atoms with Crippen LogP contribution in [-0.2, 0) is 6.42 Å². The second kappa shape index (κ2) is 4.55. The number of fused-ring (bicyclic) bond motifs is 2. The van der Waals surface area contributed by atoms with Crippen LogP contribution >= 0.6 is 15.9 Å². The zero-order valence-corrected chi connectivity index (χ0v) is 13.2. The molecular weight excluding hydrogens is 322 g/mol. The standard InChI is InChI=1S/C15H18BrNO3/c1-15(2)14(19)12(17)9-6-8-7(4-3-5-10(8)18)11(16)13(9)20-15/h6,12,14,19H,3-5,17H2,1-2H3/t12-,14+/m0/s1. The summed E-state index contributed by atoms with van der Waals surface area (Å²) < 4.78 is 6.76. The first-order chi connectivity index (χ1) is 9.33. The minimum Gasteiger partial charge on any atom is -0.484 e. The number of hydrogen-bond donors (Lipinski definition) is 2. The van der Waals surface area contributed by atoms with Crippen LogP contribution in [0.4, 0.5) is 0 Å². The molecule has 4 nitrogen and oxygen atoms in total. The number of halogens is 1. The number of carbonyl (C=O) groups excluding carboxylic acids is 1. The highest BCUT2D eigenvalue weighted by Gasteiger charge is 2.43. The lowest BCUT2D eigenvalue weighted by molar-refractivity contribution is -0.0577. The van der Waals surface area contributed by atoms with Crippen LogP contribution in [0.3, 0.4) is 0 Å². The Kier molecular flexibility index (Phi) is 3.19. The number of nitrogens with two attached hydrogens (primary N) is 1. The van der Waals surface area contributed by atoms with Crippen LogP contribution in [0.2, 0.25) is 0 Å². The molecule has 0 unspecified atom stereocenters. The Bertz CT molecular complexity index is 597. The molecule has 0 saturated heterocycles. The minimum absolute atomic E-state index is 0.140. The third kappa shape index (κ3) is 1.91. The molecular formula is C15H18BrNO3. The molecule has 1 aromatic carbocycles. The van der Waals surface area contributed by atoms with Gasteiger partial charge in [-0.15, -0.1) is 0 Å². The van der Waals surface area contributed by atoms with E-state index < -0.39 is 17.7 Å². The lowest BCUT2D eigenvalue weighted by atomic mass is 9.82. The lowest BCUT2D eigenvalue weighted by Gasteiger charge is -2.41. The third-order valence-corrected chi connectivity index (χ3v) is 5.10. The fourth-order valence-corrected chi connectivity index (χ4v) is 3.74. The van der Waals surface area contributed by atoms with Crippen LogP contribution in [0.15, 0.2) is 10.5 Å². The van der Waals surface area contributed by atoms with E-state index in [2.05, 4.69) is 15.9 Å². The minimum atomic E-state index is -0.807. The van der Waals surface area contributed by atoms with E-state index in [0.717, 1.165) is 22.9 Å². The maximum absolute atomic E-state index is 12.1. The molecule has 0 spiro atoms. The van der Waals surface area contributed by atoms with Crippen molar-refractivity contribution in [1.82, 2.24) is 0 Å². The van der Waals surface area contributed by atoms with Crippen molar-refractivity contribution in [3.63, 3.8) is 0 Å². The van der Waals surface area contributed by atoms with Gasteiger partial charge in [0, 0.05) is 17.5 Å². The zero-order chi connectivity index (χ0) is 14.7. The van der Waals surface area contributed by atoms with Gasteiger partial charge in [0.1, 0.15) is 17.5 Å². The first-order valence-corrected chi connectivity index (χ1v) is 7.63. The third-order valence-electron chi connectivity index (χ3n) is 4.26. The molecule has 0 amide bonds. The molecule has 1 heterocycles. The van der Waals surface area contributed by atoms with Crippen molar-refractivity contribution in [2.45, 2.75) is 50.9 Å². The Morgan fingerprint density at radius 1 is 1.45 bits per heavy atom. The number of carbonyl (C=O) groups is 1. The predicted molar refractivity (Wildman–Crippen MR) is 79.1 cm³/mol. The highest BCUT2D eigenvalue weighted by atomic mass is 79.9. The maximum atomic E-state index is 12.1. The Morgan fingerprint density at radius 2 is 2.15 bits per heavy atom. The van der Waals surface area contributed by atoms with Crippen LogP contribution in [0.1, 0.15) is 54.2 Å². The van der Waals surface area contributed by atoms with Crippen LogP contribution in [0.25, 0.3) is 0 Å². The summed E-state index contributed by atoms with van der Waals surface area (Å²) in [4.78, 5) is 12.1. The molecule has 0 aromatic heterocycles. The molecule has 2 aliphatic rings. The Labute approximate surface area is 126 Å². The molecule has 1 aromatic rings. The van der Waals surface area contributed by atoms with Crippen molar-refractivity contribution in [3.8, 4) is 5.75 Å². The summed E-state index contributed by atoms with van der Waals surface area (Å²) in [5.41, 5.74) is 7.82. The van der Waals surface area contributed by atoms with Crippen LogP contribution in [0.5, 0.6) is 5.75 Å². The smallest absolute Gasteiger partial charge is 0.163 e. The molecule has 108 valence electrons. The summed E-state index contributed by atoms with van der Waals surface area (Å²) in [5.74, 6) is 0.808. The second-order valence-corrected chi connectivity index (χ2v) is 6.88. The number of benzene rings is 1. The number of ketones is 1. The summed E-state index contributed by atoms with van der Waals surface area (Å²) in [7, 11) is 0. The van der Waals surface area contributed by atoms with Crippen LogP contribution < -0.4 is 10.5 Å². The Morgan fingerprint density at radius 3 is 2.85 bits per heavy atom. The van der Waals surface area contributed by atoms with Crippen molar-refractivity contribution < 1.29 is 14.6 Å². The van der Waals surface area contributed by atoms with Gasteiger partial charge in [0.2, 0.25) is 0 Å².